The van der Waals surface area contributed by atoms with Crippen molar-refractivity contribution in [1.82, 2.24) is 20.1 Å². The number of benzene rings is 1. The zero-order valence-corrected chi connectivity index (χ0v) is 25.8. The van der Waals surface area contributed by atoms with Gasteiger partial charge in [-0.3, -0.25) is 19.8 Å². The highest BCUT2D eigenvalue weighted by Gasteiger charge is 2.35. The number of ketones is 2. The van der Waals surface area contributed by atoms with E-state index in [2.05, 4.69) is 25.4 Å². The van der Waals surface area contributed by atoms with E-state index in [0.29, 0.717) is 28.2 Å². The van der Waals surface area contributed by atoms with Gasteiger partial charge in [0.2, 0.25) is 0 Å². The van der Waals surface area contributed by atoms with Crippen molar-refractivity contribution in [2.75, 3.05) is 44.6 Å². The predicted octanol–water partition coefficient (Wildman–Crippen LogP) is 5.18. The summed E-state index contributed by atoms with van der Waals surface area (Å²) in [5.41, 5.74) is 1.38. The number of Topliss-reactive ketones (excluding diaryl/α,β-unsaturated/α-hetero) is 2. The number of aryl methyl sites for hydroxylation is 1. The lowest BCUT2D eigenvalue weighted by Gasteiger charge is -2.43. The molecule has 0 bridgehead atoms. The van der Waals surface area contributed by atoms with Crippen LogP contribution in [-0.2, 0) is 11.2 Å². The van der Waals surface area contributed by atoms with E-state index in [-0.39, 0.29) is 35.4 Å². The highest BCUT2D eigenvalue weighted by Crippen LogP contribution is 2.27. The molecule has 2 N–H and O–H groups in total. The number of aromatic nitrogens is 1. The number of hydrogen-bond acceptors (Lipinski definition) is 7. The van der Waals surface area contributed by atoms with Crippen LogP contribution in [0.15, 0.2) is 24.3 Å². The standard InChI is InChI=1S/C31H44FN5O3S/c1-20-28(21(2)38)41-30(33-20)35-29(40)34-26-12-14-37(19-27(39)31(3,4)5)18-24(26)17-36-13-6-7-23(16-36)15-22-8-10-25(32)11-9-22/h8-11,23-24,26H,6-7,12-19H2,1-5H3,(H2,33,34,35,40)/t23-,24+,26+/m0/s1. The Balaban J connectivity index is 1.41. The van der Waals surface area contributed by atoms with E-state index in [0.717, 1.165) is 64.0 Å². The molecular formula is C31H44FN5O3S. The van der Waals surface area contributed by atoms with Gasteiger partial charge >= 0.3 is 6.03 Å². The van der Waals surface area contributed by atoms with Crippen LogP contribution in [0.2, 0.25) is 0 Å². The minimum Gasteiger partial charge on any atom is -0.335 e. The van der Waals surface area contributed by atoms with Crippen LogP contribution < -0.4 is 10.6 Å². The third-order valence-electron chi connectivity index (χ3n) is 8.21. The van der Waals surface area contributed by atoms with Crippen LogP contribution in [0.3, 0.4) is 0 Å². The molecule has 2 saturated heterocycles. The second-order valence-corrected chi connectivity index (χ2v) is 13.7. The Morgan fingerprint density at radius 2 is 1.80 bits per heavy atom. The average Bonchev–Trinajstić information content (AvgIpc) is 3.26. The topological polar surface area (TPSA) is 94.6 Å². The molecule has 224 valence electrons. The van der Waals surface area contributed by atoms with Gasteiger partial charge in [0.15, 0.2) is 16.7 Å². The second-order valence-electron chi connectivity index (χ2n) is 12.8. The number of carbonyl (C=O) groups is 3. The largest absolute Gasteiger partial charge is 0.335 e. The van der Waals surface area contributed by atoms with E-state index in [1.807, 2.05) is 32.9 Å². The maximum Gasteiger partial charge on any atom is 0.321 e. The van der Waals surface area contributed by atoms with Crippen molar-refractivity contribution in [3.8, 4) is 0 Å². The summed E-state index contributed by atoms with van der Waals surface area (Å²) in [5, 5.41) is 6.42. The minimum atomic E-state index is -0.393. The van der Waals surface area contributed by atoms with Gasteiger partial charge < -0.3 is 10.2 Å². The number of urea groups is 1. The molecule has 1 aromatic heterocycles. The Labute approximate surface area is 247 Å². The van der Waals surface area contributed by atoms with E-state index in [1.165, 1.54) is 30.4 Å². The number of hydrogen-bond donors (Lipinski definition) is 2. The van der Waals surface area contributed by atoms with Gasteiger partial charge in [-0.05, 0) is 62.8 Å². The van der Waals surface area contributed by atoms with Crippen molar-refractivity contribution in [2.24, 2.45) is 17.3 Å². The quantitative estimate of drug-likeness (QED) is 0.394. The fraction of sp³-hybridized carbons (Fsp3) is 0.613. The molecule has 2 fully saturated rings. The third kappa shape index (κ3) is 8.90. The van der Waals surface area contributed by atoms with E-state index in [9.17, 15) is 18.8 Å². The Morgan fingerprint density at radius 3 is 2.46 bits per heavy atom. The number of likely N-dealkylation sites (tertiary alicyclic amines) is 2. The molecule has 4 rings (SSSR count). The lowest BCUT2D eigenvalue weighted by Crippen LogP contribution is -2.56. The number of amides is 2. The Morgan fingerprint density at radius 1 is 1.07 bits per heavy atom. The molecule has 8 nitrogen and oxygen atoms in total. The summed E-state index contributed by atoms with van der Waals surface area (Å²) < 4.78 is 13.4. The molecule has 41 heavy (non-hydrogen) atoms. The van der Waals surface area contributed by atoms with Gasteiger partial charge in [0, 0.05) is 50.5 Å². The molecule has 0 saturated carbocycles. The first kappa shape index (κ1) is 31.3. The van der Waals surface area contributed by atoms with Crippen LogP contribution >= 0.6 is 11.3 Å². The van der Waals surface area contributed by atoms with Crippen LogP contribution in [0, 0.1) is 30.0 Å². The van der Waals surface area contributed by atoms with Crippen molar-refractivity contribution < 1.29 is 18.8 Å². The van der Waals surface area contributed by atoms with Gasteiger partial charge in [0.1, 0.15) is 5.82 Å². The highest BCUT2D eigenvalue weighted by molar-refractivity contribution is 7.17. The maximum absolute atomic E-state index is 13.4. The summed E-state index contributed by atoms with van der Waals surface area (Å²) in [4.78, 5) is 47.3. The van der Waals surface area contributed by atoms with Crippen LogP contribution in [0.25, 0.3) is 0 Å². The van der Waals surface area contributed by atoms with E-state index in [1.54, 1.807) is 6.92 Å². The fourth-order valence-electron chi connectivity index (χ4n) is 5.91. The summed E-state index contributed by atoms with van der Waals surface area (Å²) in [6.07, 6.45) is 3.92. The zero-order chi connectivity index (χ0) is 29.7. The summed E-state index contributed by atoms with van der Waals surface area (Å²) in [6, 6.07) is 6.43. The van der Waals surface area contributed by atoms with Gasteiger partial charge in [-0.25, -0.2) is 14.2 Å². The number of piperidine rings is 2. The second kappa shape index (κ2) is 13.5. The van der Waals surface area contributed by atoms with Gasteiger partial charge in [-0.15, -0.1) is 0 Å². The molecule has 0 radical (unpaired) electrons. The van der Waals surface area contributed by atoms with E-state index >= 15 is 0 Å². The molecule has 2 amide bonds. The number of rotatable bonds is 9. The number of anilines is 1. The Bertz CT molecular complexity index is 1230. The molecule has 0 spiro atoms. The van der Waals surface area contributed by atoms with Crippen LogP contribution in [-0.4, -0.2) is 77.7 Å². The van der Waals surface area contributed by atoms with Crippen molar-refractivity contribution in [3.05, 3.63) is 46.2 Å². The molecule has 0 aliphatic carbocycles. The van der Waals surface area contributed by atoms with Crippen LogP contribution in [0.4, 0.5) is 14.3 Å². The Kier molecular flexibility index (Phi) is 10.3. The van der Waals surface area contributed by atoms with Crippen molar-refractivity contribution in [2.45, 2.75) is 66.3 Å². The van der Waals surface area contributed by atoms with Gasteiger partial charge in [-0.1, -0.05) is 44.2 Å². The summed E-state index contributed by atoms with van der Waals surface area (Å²) >= 11 is 1.19. The van der Waals surface area contributed by atoms with Crippen molar-refractivity contribution in [1.29, 1.82) is 0 Å². The molecule has 1 aromatic carbocycles. The normalized spacial score (nSPS) is 22.3. The molecule has 3 heterocycles. The zero-order valence-electron chi connectivity index (χ0n) is 25.0. The predicted molar refractivity (Wildman–Crippen MR) is 161 cm³/mol. The summed E-state index contributed by atoms with van der Waals surface area (Å²) in [7, 11) is 0. The molecule has 2 aliphatic heterocycles. The number of nitrogens with one attached hydrogen (secondary N) is 2. The average molecular weight is 586 g/mol. The number of nitrogens with zero attached hydrogens (tertiary/aromatic N) is 3. The SMILES string of the molecule is CC(=O)c1sc(NC(=O)N[C@@H]2CCN(CC(=O)C(C)(C)C)C[C@H]2CN2CCC[C@@H](Cc3ccc(F)cc3)C2)nc1C. The van der Waals surface area contributed by atoms with Crippen molar-refractivity contribution >= 4 is 34.1 Å². The number of thiazole rings is 1. The van der Waals surface area contributed by atoms with E-state index in [4.69, 9.17) is 0 Å². The van der Waals surface area contributed by atoms with Crippen molar-refractivity contribution in [3.63, 3.8) is 0 Å². The lowest BCUT2D eigenvalue weighted by atomic mass is 9.86. The number of carbonyl (C=O) groups excluding carboxylic acids is 3. The minimum absolute atomic E-state index is 0.0539. The van der Waals surface area contributed by atoms with E-state index < -0.39 is 5.41 Å². The molecular weight excluding hydrogens is 541 g/mol. The molecule has 2 aromatic rings. The molecule has 0 unspecified atom stereocenters. The molecule has 2 aliphatic rings. The van der Waals surface area contributed by atoms with Crippen LogP contribution in [0.5, 0.6) is 0 Å². The molecule has 3 atom stereocenters. The lowest BCUT2D eigenvalue weighted by molar-refractivity contribution is -0.128. The maximum atomic E-state index is 13.4. The summed E-state index contributed by atoms with van der Waals surface area (Å²) in [6.45, 7) is 13.8. The number of halogens is 1. The first-order valence-corrected chi connectivity index (χ1v) is 15.5. The monoisotopic (exact) mass is 585 g/mol. The first-order chi connectivity index (χ1) is 19.4. The van der Waals surface area contributed by atoms with Crippen LogP contribution in [0.1, 0.15) is 67.9 Å². The Hall–Kier alpha value is -2.69. The first-order valence-electron chi connectivity index (χ1n) is 14.7. The highest BCUT2D eigenvalue weighted by atomic mass is 32.1. The van der Waals surface area contributed by atoms with Gasteiger partial charge in [0.25, 0.3) is 0 Å². The smallest absolute Gasteiger partial charge is 0.321 e. The van der Waals surface area contributed by atoms with Gasteiger partial charge in [-0.2, -0.15) is 0 Å². The molecule has 10 heteroatoms. The fourth-order valence-corrected chi connectivity index (χ4v) is 6.77. The van der Waals surface area contributed by atoms with Gasteiger partial charge in [0.05, 0.1) is 17.1 Å². The third-order valence-corrected chi connectivity index (χ3v) is 9.38. The summed E-state index contributed by atoms with van der Waals surface area (Å²) in [5.74, 6) is 0.591.